The molecule has 1 amide bonds. The number of benzene rings is 2. The van der Waals surface area contributed by atoms with Crippen molar-refractivity contribution in [1.29, 1.82) is 0 Å². The van der Waals surface area contributed by atoms with Crippen molar-refractivity contribution in [1.82, 2.24) is 4.90 Å². The van der Waals surface area contributed by atoms with E-state index in [0.29, 0.717) is 5.69 Å². The Hall–Kier alpha value is -3.53. The van der Waals surface area contributed by atoms with E-state index in [1.54, 1.807) is 12.1 Å². The van der Waals surface area contributed by atoms with Crippen molar-refractivity contribution >= 4 is 28.7 Å². The molecular formula is C18H19N5O5. The molecule has 1 aliphatic heterocycles. The van der Waals surface area contributed by atoms with E-state index in [1.165, 1.54) is 0 Å². The summed E-state index contributed by atoms with van der Waals surface area (Å²) in [5, 5.41) is 24.5. The summed E-state index contributed by atoms with van der Waals surface area (Å²) in [7, 11) is 2.08. The van der Waals surface area contributed by atoms with Gasteiger partial charge in [-0.15, -0.1) is 0 Å². The van der Waals surface area contributed by atoms with Crippen LogP contribution in [-0.4, -0.2) is 53.9 Å². The number of nitro benzene ring substituents is 2. The SMILES string of the molecule is CN1CCN(c2ccc(NC(=O)c3cc([N+](=O)[O-])cc([N+](=O)[O-])c3)cc2)CC1. The Morgan fingerprint density at radius 1 is 0.929 bits per heavy atom. The maximum atomic E-state index is 12.4. The van der Waals surface area contributed by atoms with Crippen LogP contribution in [0.15, 0.2) is 42.5 Å². The summed E-state index contributed by atoms with van der Waals surface area (Å²) in [5.74, 6) is -0.654. The number of rotatable bonds is 5. The number of nitrogens with one attached hydrogen (secondary N) is 1. The van der Waals surface area contributed by atoms with Crippen LogP contribution < -0.4 is 10.2 Å². The van der Waals surface area contributed by atoms with Crippen LogP contribution in [0.1, 0.15) is 10.4 Å². The number of carbonyl (C=O) groups excluding carboxylic acids is 1. The van der Waals surface area contributed by atoms with E-state index in [9.17, 15) is 25.0 Å². The minimum absolute atomic E-state index is 0.149. The van der Waals surface area contributed by atoms with Gasteiger partial charge in [-0.3, -0.25) is 25.0 Å². The summed E-state index contributed by atoms with van der Waals surface area (Å²) in [5.41, 5.74) is 0.368. The van der Waals surface area contributed by atoms with Crippen LogP contribution in [0.25, 0.3) is 0 Å². The lowest BCUT2D eigenvalue weighted by Gasteiger charge is -2.34. The van der Waals surface area contributed by atoms with Gasteiger partial charge in [0.05, 0.1) is 21.5 Å². The van der Waals surface area contributed by atoms with Crippen LogP contribution in [0.5, 0.6) is 0 Å². The van der Waals surface area contributed by atoms with Gasteiger partial charge < -0.3 is 15.1 Å². The van der Waals surface area contributed by atoms with E-state index in [2.05, 4.69) is 22.2 Å². The Morgan fingerprint density at radius 2 is 1.46 bits per heavy atom. The van der Waals surface area contributed by atoms with E-state index in [-0.39, 0.29) is 5.56 Å². The van der Waals surface area contributed by atoms with Crippen molar-refractivity contribution in [3.63, 3.8) is 0 Å². The third kappa shape index (κ3) is 4.41. The molecule has 2 aromatic rings. The van der Waals surface area contributed by atoms with Gasteiger partial charge in [-0.1, -0.05) is 0 Å². The van der Waals surface area contributed by atoms with Gasteiger partial charge in [-0.25, -0.2) is 0 Å². The number of hydrogen-bond donors (Lipinski definition) is 1. The molecule has 2 aromatic carbocycles. The highest BCUT2D eigenvalue weighted by molar-refractivity contribution is 6.05. The third-order valence-corrected chi connectivity index (χ3v) is 4.58. The van der Waals surface area contributed by atoms with Gasteiger partial charge in [0.2, 0.25) is 0 Å². The average Bonchev–Trinajstić information content (AvgIpc) is 2.68. The van der Waals surface area contributed by atoms with Gasteiger partial charge in [-0.2, -0.15) is 0 Å². The monoisotopic (exact) mass is 385 g/mol. The number of anilines is 2. The van der Waals surface area contributed by atoms with Gasteiger partial charge >= 0.3 is 0 Å². The number of nitro groups is 2. The maximum Gasteiger partial charge on any atom is 0.277 e. The first-order chi connectivity index (χ1) is 13.3. The lowest BCUT2D eigenvalue weighted by molar-refractivity contribution is -0.394. The summed E-state index contributed by atoms with van der Waals surface area (Å²) in [4.78, 5) is 37.3. The number of nitrogens with zero attached hydrogens (tertiary/aromatic N) is 4. The number of carbonyl (C=O) groups is 1. The summed E-state index contributed by atoms with van der Waals surface area (Å²) >= 11 is 0. The molecule has 3 rings (SSSR count). The highest BCUT2D eigenvalue weighted by Gasteiger charge is 2.20. The molecule has 0 unspecified atom stereocenters. The first-order valence-corrected chi connectivity index (χ1v) is 8.62. The molecule has 1 fully saturated rings. The van der Waals surface area contributed by atoms with Gasteiger partial charge in [-0.05, 0) is 31.3 Å². The normalized spacial score (nSPS) is 14.5. The highest BCUT2D eigenvalue weighted by Crippen LogP contribution is 2.24. The molecule has 1 saturated heterocycles. The summed E-state index contributed by atoms with van der Waals surface area (Å²) in [6, 6.07) is 10.1. The van der Waals surface area contributed by atoms with E-state index < -0.39 is 27.1 Å². The van der Waals surface area contributed by atoms with Crippen molar-refractivity contribution in [2.75, 3.05) is 43.4 Å². The van der Waals surface area contributed by atoms with Crippen molar-refractivity contribution in [2.24, 2.45) is 0 Å². The zero-order chi connectivity index (χ0) is 20.3. The lowest BCUT2D eigenvalue weighted by Crippen LogP contribution is -2.44. The summed E-state index contributed by atoms with van der Waals surface area (Å²) in [6.45, 7) is 3.78. The fraction of sp³-hybridized carbons (Fsp3) is 0.278. The fourth-order valence-corrected chi connectivity index (χ4v) is 2.96. The molecule has 1 N–H and O–H groups in total. The molecule has 146 valence electrons. The van der Waals surface area contributed by atoms with Crippen molar-refractivity contribution < 1.29 is 14.6 Å². The zero-order valence-electron chi connectivity index (χ0n) is 15.2. The third-order valence-electron chi connectivity index (χ3n) is 4.58. The van der Waals surface area contributed by atoms with Crippen LogP contribution >= 0.6 is 0 Å². The number of amides is 1. The molecule has 0 atom stereocenters. The van der Waals surface area contributed by atoms with E-state index in [4.69, 9.17) is 0 Å². The van der Waals surface area contributed by atoms with Crippen LogP contribution in [0.2, 0.25) is 0 Å². The van der Waals surface area contributed by atoms with Crippen LogP contribution in [-0.2, 0) is 0 Å². The molecule has 1 heterocycles. The number of piperazine rings is 1. The highest BCUT2D eigenvalue weighted by atomic mass is 16.6. The van der Waals surface area contributed by atoms with Gasteiger partial charge in [0, 0.05) is 49.7 Å². The molecule has 0 saturated carbocycles. The molecule has 0 bridgehead atoms. The second-order valence-electron chi connectivity index (χ2n) is 6.54. The summed E-state index contributed by atoms with van der Waals surface area (Å²) in [6.07, 6.45) is 0. The predicted octanol–water partition coefficient (Wildman–Crippen LogP) is 2.51. The van der Waals surface area contributed by atoms with Gasteiger partial charge in [0.15, 0.2) is 0 Å². The molecule has 1 aliphatic rings. The van der Waals surface area contributed by atoms with Crippen molar-refractivity contribution in [3.8, 4) is 0 Å². The number of non-ortho nitro benzene ring substituents is 2. The molecular weight excluding hydrogens is 366 g/mol. The second kappa shape index (κ2) is 8.01. The second-order valence-corrected chi connectivity index (χ2v) is 6.54. The Morgan fingerprint density at radius 3 is 1.96 bits per heavy atom. The Balaban J connectivity index is 1.74. The minimum atomic E-state index is -0.769. The summed E-state index contributed by atoms with van der Waals surface area (Å²) < 4.78 is 0. The molecule has 0 spiro atoms. The molecule has 0 radical (unpaired) electrons. The Bertz CT molecular complexity index is 875. The minimum Gasteiger partial charge on any atom is -0.369 e. The number of hydrogen-bond acceptors (Lipinski definition) is 7. The predicted molar refractivity (Wildman–Crippen MR) is 104 cm³/mol. The molecule has 10 heteroatoms. The van der Waals surface area contributed by atoms with E-state index in [0.717, 1.165) is 50.1 Å². The average molecular weight is 385 g/mol. The standard InChI is InChI=1S/C18H19N5O5/c1-20-6-8-21(9-7-20)15-4-2-14(3-5-15)19-18(24)13-10-16(22(25)26)12-17(11-13)23(27)28/h2-5,10-12H,6-9H2,1H3,(H,19,24). The van der Waals surface area contributed by atoms with E-state index >= 15 is 0 Å². The van der Waals surface area contributed by atoms with Gasteiger partial charge in [0.1, 0.15) is 0 Å². The zero-order valence-corrected chi connectivity index (χ0v) is 15.2. The lowest BCUT2D eigenvalue weighted by atomic mass is 10.1. The van der Waals surface area contributed by atoms with Crippen LogP contribution in [0, 0.1) is 20.2 Å². The first-order valence-electron chi connectivity index (χ1n) is 8.62. The largest absolute Gasteiger partial charge is 0.369 e. The smallest absolute Gasteiger partial charge is 0.277 e. The molecule has 10 nitrogen and oxygen atoms in total. The topological polar surface area (TPSA) is 122 Å². The molecule has 0 aliphatic carbocycles. The van der Waals surface area contributed by atoms with Crippen LogP contribution in [0.3, 0.4) is 0 Å². The quantitative estimate of drug-likeness (QED) is 0.620. The van der Waals surface area contributed by atoms with Gasteiger partial charge in [0.25, 0.3) is 17.3 Å². The Labute approximate surface area is 160 Å². The van der Waals surface area contributed by atoms with Crippen molar-refractivity contribution in [3.05, 3.63) is 68.3 Å². The first kappa shape index (κ1) is 19.2. The van der Waals surface area contributed by atoms with Crippen molar-refractivity contribution in [2.45, 2.75) is 0 Å². The Kier molecular flexibility index (Phi) is 5.50. The molecule has 0 aromatic heterocycles. The van der Waals surface area contributed by atoms with Crippen LogP contribution in [0.4, 0.5) is 22.7 Å². The fourth-order valence-electron chi connectivity index (χ4n) is 2.96. The molecule has 28 heavy (non-hydrogen) atoms. The van der Waals surface area contributed by atoms with E-state index in [1.807, 2.05) is 12.1 Å². The maximum absolute atomic E-state index is 12.4. The number of likely N-dealkylation sites (N-methyl/N-ethyl adjacent to an activating group) is 1.